The molecule has 1 aromatic rings. The Hall–Kier alpha value is -3.10. The fourth-order valence-electron chi connectivity index (χ4n) is 5.32. The van der Waals surface area contributed by atoms with Crippen molar-refractivity contribution in [3.05, 3.63) is 35.9 Å². The van der Waals surface area contributed by atoms with E-state index in [1.54, 1.807) is 0 Å². The molecule has 0 spiro atoms. The third-order valence-corrected chi connectivity index (χ3v) is 7.33. The van der Waals surface area contributed by atoms with Crippen molar-refractivity contribution in [2.45, 2.75) is 89.8 Å². The van der Waals surface area contributed by atoms with Crippen molar-refractivity contribution < 1.29 is 29.0 Å². The lowest BCUT2D eigenvalue weighted by Crippen LogP contribution is -2.53. The molecule has 9 heteroatoms. The van der Waals surface area contributed by atoms with E-state index in [4.69, 9.17) is 4.74 Å². The number of aliphatic carboxylic acids is 1. The first-order chi connectivity index (χ1) is 17.7. The largest absolute Gasteiger partial charge is 0.480 e. The zero-order valence-electron chi connectivity index (χ0n) is 21.9. The summed E-state index contributed by atoms with van der Waals surface area (Å²) in [6.07, 6.45) is 5.87. The van der Waals surface area contributed by atoms with E-state index >= 15 is 0 Å². The molecule has 4 atom stereocenters. The fraction of sp³-hybridized carbons (Fsp3) is 0.643. The zero-order valence-corrected chi connectivity index (χ0v) is 21.9. The lowest BCUT2D eigenvalue weighted by Gasteiger charge is -2.31. The number of alkyl carbamates (subject to hydrolysis) is 1. The van der Waals surface area contributed by atoms with Crippen LogP contribution < -0.4 is 16.0 Å². The van der Waals surface area contributed by atoms with E-state index in [1.807, 2.05) is 44.2 Å². The number of carboxylic acids is 1. The number of ether oxygens (including phenoxy) is 1. The number of hydrogen-bond acceptors (Lipinski definition) is 5. The summed E-state index contributed by atoms with van der Waals surface area (Å²) in [5.41, 5.74) is 1.09. The van der Waals surface area contributed by atoms with Crippen molar-refractivity contribution in [1.82, 2.24) is 16.0 Å². The second-order valence-corrected chi connectivity index (χ2v) is 10.8. The first-order valence-corrected chi connectivity index (χ1v) is 13.5. The molecule has 9 nitrogen and oxygen atoms in total. The normalized spacial score (nSPS) is 20.5. The molecule has 1 aromatic carbocycles. The Kier molecular flexibility index (Phi) is 10.8. The van der Waals surface area contributed by atoms with Gasteiger partial charge in [0.05, 0.1) is 0 Å². The number of rotatable bonds is 12. The lowest BCUT2D eigenvalue weighted by atomic mass is 9.83. The van der Waals surface area contributed by atoms with E-state index in [0.717, 1.165) is 31.2 Å². The maximum absolute atomic E-state index is 13.1. The van der Waals surface area contributed by atoms with E-state index in [9.17, 15) is 24.3 Å². The number of benzene rings is 1. The highest BCUT2D eigenvalue weighted by Gasteiger charge is 2.34. The Morgan fingerprint density at radius 1 is 1.03 bits per heavy atom. The van der Waals surface area contributed by atoms with Gasteiger partial charge >= 0.3 is 12.1 Å². The first kappa shape index (κ1) is 28.5. The van der Waals surface area contributed by atoms with Gasteiger partial charge in [0.2, 0.25) is 11.8 Å². The van der Waals surface area contributed by atoms with Crippen LogP contribution >= 0.6 is 0 Å². The molecule has 37 heavy (non-hydrogen) atoms. The standard InChI is InChI=1S/C28H41N3O6/c1-18(2)15-22(26(33)30-23(27(34)35)17-21-13-14-29-25(21)32)31-28(36)37-24(20-11-7-4-8-12-20)16-19-9-5-3-6-10-19/h3,5-6,9-10,18,20-24H,4,7-8,11-17H2,1-2H3,(H,29,32)(H,30,33)(H,31,36)(H,34,35)/t21?,22-,23-,24?/m0/s1. The van der Waals surface area contributed by atoms with Crippen LogP contribution in [0.4, 0.5) is 4.79 Å². The van der Waals surface area contributed by atoms with Crippen molar-refractivity contribution in [3.8, 4) is 0 Å². The molecule has 2 aliphatic rings. The summed E-state index contributed by atoms with van der Waals surface area (Å²) in [7, 11) is 0. The van der Waals surface area contributed by atoms with Gasteiger partial charge in [0.15, 0.2) is 0 Å². The van der Waals surface area contributed by atoms with Gasteiger partial charge in [-0.1, -0.05) is 63.4 Å². The van der Waals surface area contributed by atoms with Crippen LogP contribution in [0.25, 0.3) is 0 Å². The van der Waals surface area contributed by atoms with Gasteiger partial charge in [-0.25, -0.2) is 9.59 Å². The minimum Gasteiger partial charge on any atom is -0.480 e. The summed E-state index contributed by atoms with van der Waals surface area (Å²) < 4.78 is 5.93. The SMILES string of the molecule is CC(C)C[C@H](NC(=O)OC(Cc1ccccc1)C1CCCCC1)C(=O)N[C@@H](CC1CCNC1=O)C(=O)O. The molecule has 0 aromatic heterocycles. The minimum atomic E-state index is -1.22. The van der Waals surface area contributed by atoms with Crippen LogP contribution in [0.2, 0.25) is 0 Å². The van der Waals surface area contributed by atoms with Crippen LogP contribution in [0, 0.1) is 17.8 Å². The first-order valence-electron chi connectivity index (χ1n) is 13.5. The van der Waals surface area contributed by atoms with Crippen molar-refractivity contribution in [1.29, 1.82) is 0 Å². The highest BCUT2D eigenvalue weighted by atomic mass is 16.6. The topological polar surface area (TPSA) is 134 Å². The molecule has 2 fully saturated rings. The number of carboxylic acid groups (broad SMARTS) is 1. The summed E-state index contributed by atoms with van der Waals surface area (Å²) in [5.74, 6) is -2.14. The average Bonchev–Trinajstić information content (AvgIpc) is 3.27. The molecule has 2 unspecified atom stereocenters. The van der Waals surface area contributed by atoms with Gasteiger partial charge in [-0.2, -0.15) is 0 Å². The summed E-state index contributed by atoms with van der Waals surface area (Å²) >= 11 is 0. The molecule has 1 saturated carbocycles. The fourth-order valence-corrected chi connectivity index (χ4v) is 5.32. The molecule has 0 radical (unpaired) electrons. The molecule has 3 rings (SSSR count). The van der Waals surface area contributed by atoms with E-state index in [-0.39, 0.29) is 30.3 Å². The quantitative estimate of drug-likeness (QED) is 0.337. The molecule has 1 aliphatic carbocycles. The number of carbonyl (C=O) groups excluding carboxylic acids is 3. The smallest absolute Gasteiger partial charge is 0.408 e. The minimum absolute atomic E-state index is 0.00653. The molecule has 0 bridgehead atoms. The summed E-state index contributed by atoms with van der Waals surface area (Å²) in [6.45, 7) is 4.34. The van der Waals surface area contributed by atoms with Crippen LogP contribution in [0.1, 0.15) is 70.8 Å². The highest BCUT2D eigenvalue weighted by Crippen LogP contribution is 2.30. The average molecular weight is 516 g/mol. The van der Waals surface area contributed by atoms with Gasteiger partial charge in [-0.3, -0.25) is 9.59 Å². The predicted molar refractivity (Wildman–Crippen MR) is 139 cm³/mol. The zero-order chi connectivity index (χ0) is 26.8. The molecule has 204 valence electrons. The summed E-state index contributed by atoms with van der Waals surface area (Å²) in [6, 6.07) is 7.74. The Balaban J connectivity index is 1.65. The van der Waals surface area contributed by atoms with Gasteiger partial charge in [-0.05, 0) is 49.5 Å². The predicted octanol–water partition coefficient (Wildman–Crippen LogP) is 3.41. The monoisotopic (exact) mass is 515 g/mol. The van der Waals surface area contributed by atoms with Crippen LogP contribution in [0.15, 0.2) is 30.3 Å². The van der Waals surface area contributed by atoms with Gasteiger partial charge < -0.3 is 25.8 Å². The van der Waals surface area contributed by atoms with Crippen molar-refractivity contribution >= 4 is 23.9 Å². The van der Waals surface area contributed by atoms with Crippen molar-refractivity contribution in [2.75, 3.05) is 6.54 Å². The van der Waals surface area contributed by atoms with E-state index < -0.39 is 36.0 Å². The number of nitrogens with one attached hydrogen (secondary N) is 3. The maximum atomic E-state index is 13.1. The van der Waals surface area contributed by atoms with Crippen LogP contribution in [-0.2, 0) is 25.5 Å². The number of carbonyl (C=O) groups is 4. The molecule has 4 N–H and O–H groups in total. The Labute approximate surface area is 219 Å². The van der Waals surface area contributed by atoms with Gasteiger partial charge in [0.25, 0.3) is 0 Å². The summed E-state index contributed by atoms with van der Waals surface area (Å²) in [5, 5.41) is 17.6. The van der Waals surface area contributed by atoms with Crippen molar-refractivity contribution in [2.24, 2.45) is 17.8 Å². The molecule has 3 amide bonds. The summed E-state index contributed by atoms with van der Waals surface area (Å²) in [4.78, 5) is 49.9. The Morgan fingerprint density at radius 2 is 1.73 bits per heavy atom. The molecule has 1 heterocycles. The van der Waals surface area contributed by atoms with Crippen LogP contribution in [-0.4, -0.2) is 53.7 Å². The van der Waals surface area contributed by atoms with Crippen molar-refractivity contribution in [3.63, 3.8) is 0 Å². The Bertz CT molecular complexity index is 916. The lowest BCUT2D eigenvalue weighted by molar-refractivity contribution is -0.143. The second-order valence-electron chi connectivity index (χ2n) is 10.8. The van der Waals surface area contributed by atoms with Gasteiger partial charge in [0.1, 0.15) is 18.2 Å². The molecular weight excluding hydrogens is 474 g/mol. The molecular formula is C28H41N3O6. The number of hydrogen-bond donors (Lipinski definition) is 4. The third-order valence-electron chi connectivity index (χ3n) is 7.33. The van der Waals surface area contributed by atoms with E-state index in [2.05, 4.69) is 16.0 Å². The van der Waals surface area contributed by atoms with Gasteiger partial charge in [-0.15, -0.1) is 0 Å². The third kappa shape index (κ3) is 9.05. The second kappa shape index (κ2) is 14.0. The van der Waals surface area contributed by atoms with Crippen LogP contribution in [0.3, 0.4) is 0 Å². The highest BCUT2D eigenvalue weighted by molar-refractivity contribution is 5.90. The van der Waals surface area contributed by atoms with Gasteiger partial charge in [0, 0.05) is 18.9 Å². The maximum Gasteiger partial charge on any atom is 0.408 e. The van der Waals surface area contributed by atoms with E-state index in [1.165, 1.54) is 6.42 Å². The molecule has 1 aliphatic heterocycles. The van der Waals surface area contributed by atoms with E-state index in [0.29, 0.717) is 25.8 Å². The Morgan fingerprint density at radius 3 is 2.32 bits per heavy atom. The molecule has 1 saturated heterocycles. The number of amides is 3. The van der Waals surface area contributed by atoms with Crippen LogP contribution in [0.5, 0.6) is 0 Å².